The lowest BCUT2D eigenvalue weighted by molar-refractivity contribution is -0.122. The van der Waals surface area contributed by atoms with E-state index in [0.717, 1.165) is 11.4 Å². The molecule has 1 atom stereocenters. The van der Waals surface area contributed by atoms with Crippen molar-refractivity contribution in [2.75, 3.05) is 30.4 Å². The van der Waals surface area contributed by atoms with Gasteiger partial charge in [-0.05, 0) is 43.3 Å². The van der Waals surface area contributed by atoms with Crippen molar-refractivity contribution in [3.63, 3.8) is 0 Å². The maximum absolute atomic E-state index is 12.7. The molecule has 2 aromatic carbocycles. The molecule has 0 spiro atoms. The van der Waals surface area contributed by atoms with Gasteiger partial charge in [-0.15, -0.1) is 0 Å². The number of amides is 3. The fourth-order valence-electron chi connectivity index (χ4n) is 3.18. The second-order valence-corrected chi connectivity index (χ2v) is 6.45. The van der Waals surface area contributed by atoms with Gasteiger partial charge in [0, 0.05) is 25.7 Å². The van der Waals surface area contributed by atoms with E-state index >= 15 is 0 Å². The number of carbonyl (C=O) groups excluding carboxylic acids is 3. The van der Waals surface area contributed by atoms with Gasteiger partial charge in [0.15, 0.2) is 0 Å². The minimum atomic E-state index is -0.489. The molecule has 3 amide bonds. The molecule has 7 nitrogen and oxygen atoms in total. The zero-order valence-electron chi connectivity index (χ0n) is 15.9. The highest BCUT2D eigenvalue weighted by atomic mass is 16.5. The first-order valence-corrected chi connectivity index (χ1v) is 9.18. The van der Waals surface area contributed by atoms with Crippen LogP contribution in [0, 0.1) is 5.92 Å². The number of ether oxygens (including phenoxy) is 1. The van der Waals surface area contributed by atoms with E-state index < -0.39 is 5.92 Å². The molecule has 7 heteroatoms. The largest absolute Gasteiger partial charge is 0.494 e. The van der Waals surface area contributed by atoms with Crippen LogP contribution in [-0.4, -0.2) is 37.9 Å². The number of rotatable bonds is 6. The van der Waals surface area contributed by atoms with Gasteiger partial charge in [-0.1, -0.05) is 12.1 Å². The van der Waals surface area contributed by atoms with Gasteiger partial charge in [-0.25, -0.2) is 0 Å². The monoisotopic (exact) mass is 381 g/mol. The molecule has 0 unspecified atom stereocenters. The number of hydrogen-bond acceptors (Lipinski definition) is 4. The van der Waals surface area contributed by atoms with E-state index in [4.69, 9.17) is 4.74 Å². The third-order valence-electron chi connectivity index (χ3n) is 4.61. The molecule has 1 saturated heterocycles. The molecule has 0 radical (unpaired) electrons. The van der Waals surface area contributed by atoms with E-state index in [9.17, 15) is 14.4 Å². The minimum absolute atomic E-state index is 0.108. The fraction of sp³-hybridized carbons (Fsp3) is 0.286. The fourth-order valence-corrected chi connectivity index (χ4v) is 3.18. The second kappa shape index (κ2) is 8.56. The molecule has 0 aliphatic carbocycles. The molecule has 2 N–H and O–H groups in total. The lowest BCUT2D eigenvalue weighted by Crippen LogP contribution is -2.29. The molecule has 146 valence electrons. The van der Waals surface area contributed by atoms with Gasteiger partial charge in [0.25, 0.3) is 5.91 Å². The summed E-state index contributed by atoms with van der Waals surface area (Å²) in [5.41, 5.74) is 1.54. The Kier molecular flexibility index (Phi) is 5.93. The summed E-state index contributed by atoms with van der Waals surface area (Å²) >= 11 is 0. The van der Waals surface area contributed by atoms with Crippen LogP contribution in [0.5, 0.6) is 5.75 Å². The topological polar surface area (TPSA) is 87.7 Å². The summed E-state index contributed by atoms with van der Waals surface area (Å²) in [5.74, 6) is -0.425. The van der Waals surface area contributed by atoms with E-state index in [2.05, 4.69) is 10.6 Å². The van der Waals surface area contributed by atoms with E-state index in [-0.39, 0.29) is 24.1 Å². The van der Waals surface area contributed by atoms with E-state index in [1.807, 2.05) is 19.1 Å². The summed E-state index contributed by atoms with van der Waals surface area (Å²) < 4.78 is 5.42. The number of carbonyl (C=O) groups is 3. The molecule has 0 saturated carbocycles. The Morgan fingerprint density at radius 3 is 2.54 bits per heavy atom. The van der Waals surface area contributed by atoms with Gasteiger partial charge in [-0.2, -0.15) is 0 Å². The van der Waals surface area contributed by atoms with Crippen LogP contribution < -0.4 is 20.3 Å². The van der Waals surface area contributed by atoms with Crippen LogP contribution in [0.25, 0.3) is 0 Å². The van der Waals surface area contributed by atoms with Crippen LogP contribution in [0.4, 0.5) is 11.4 Å². The van der Waals surface area contributed by atoms with Crippen molar-refractivity contribution in [2.24, 2.45) is 5.92 Å². The summed E-state index contributed by atoms with van der Waals surface area (Å²) in [5, 5.41) is 5.34. The second-order valence-electron chi connectivity index (χ2n) is 6.45. The van der Waals surface area contributed by atoms with E-state index in [1.165, 1.54) is 7.05 Å². The number of benzene rings is 2. The third-order valence-corrected chi connectivity index (χ3v) is 4.61. The number of anilines is 2. The highest BCUT2D eigenvalue weighted by Gasteiger charge is 2.35. The summed E-state index contributed by atoms with van der Waals surface area (Å²) in [7, 11) is 1.53. The van der Waals surface area contributed by atoms with Gasteiger partial charge in [0.2, 0.25) is 11.8 Å². The molecular weight excluding hydrogens is 358 g/mol. The van der Waals surface area contributed by atoms with Crippen molar-refractivity contribution in [2.45, 2.75) is 13.3 Å². The average molecular weight is 381 g/mol. The first-order chi connectivity index (χ1) is 13.5. The molecule has 1 heterocycles. The Balaban J connectivity index is 1.70. The van der Waals surface area contributed by atoms with Gasteiger partial charge in [0.05, 0.1) is 23.8 Å². The van der Waals surface area contributed by atoms with Crippen LogP contribution in [0.1, 0.15) is 23.7 Å². The van der Waals surface area contributed by atoms with Crippen molar-refractivity contribution < 1.29 is 19.1 Å². The number of nitrogens with zero attached hydrogens (tertiary/aromatic N) is 1. The van der Waals surface area contributed by atoms with Gasteiger partial charge < -0.3 is 20.3 Å². The summed E-state index contributed by atoms with van der Waals surface area (Å²) in [6.07, 6.45) is 0.126. The standard InChI is InChI=1S/C21H23N3O4/c1-3-28-16-10-8-15(9-11-16)24-13-14(12-19(24)25)20(26)23-18-7-5-4-6-17(18)21(27)22-2/h4-11,14H,3,12-13H2,1-2H3,(H,22,27)(H,23,26)/t14-/m1/s1. The molecular formula is C21H23N3O4. The Bertz CT molecular complexity index is 879. The zero-order valence-corrected chi connectivity index (χ0v) is 15.9. The van der Waals surface area contributed by atoms with Crippen molar-refractivity contribution in [3.05, 3.63) is 54.1 Å². The molecule has 28 heavy (non-hydrogen) atoms. The number of para-hydroxylation sites is 1. The van der Waals surface area contributed by atoms with Crippen LogP contribution in [0.2, 0.25) is 0 Å². The smallest absolute Gasteiger partial charge is 0.253 e. The van der Waals surface area contributed by atoms with Gasteiger partial charge in [0.1, 0.15) is 5.75 Å². The molecule has 0 aromatic heterocycles. The average Bonchev–Trinajstić information content (AvgIpc) is 3.10. The van der Waals surface area contributed by atoms with Crippen molar-refractivity contribution in [3.8, 4) is 5.75 Å². The molecule has 0 bridgehead atoms. The molecule has 1 aliphatic rings. The number of hydrogen-bond donors (Lipinski definition) is 2. The Morgan fingerprint density at radius 2 is 1.86 bits per heavy atom. The van der Waals surface area contributed by atoms with E-state index in [0.29, 0.717) is 24.4 Å². The highest BCUT2D eigenvalue weighted by molar-refractivity contribution is 6.07. The van der Waals surface area contributed by atoms with Crippen molar-refractivity contribution in [1.29, 1.82) is 0 Å². The van der Waals surface area contributed by atoms with Gasteiger partial charge in [-0.3, -0.25) is 14.4 Å². The van der Waals surface area contributed by atoms with Gasteiger partial charge >= 0.3 is 0 Å². The zero-order chi connectivity index (χ0) is 20.1. The first kappa shape index (κ1) is 19.4. The van der Waals surface area contributed by atoms with Crippen molar-refractivity contribution >= 4 is 29.1 Å². The van der Waals surface area contributed by atoms with Crippen LogP contribution >= 0.6 is 0 Å². The quantitative estimate of drug-likeness (QED) is 0.805. The Hall–Kier alpha value is -3.35. The normalized spacial score (nSPS) is 16.0. The highest BCUT2D eigenvalue weighted by Crippen LogP contribution is 2.28. The maximum atomic E-state index is 12.7. The van der Waals surface area contributed by atoms with E-state index in [1.54, 1.807) is 41.3 Å². The predicted octanol–water partition coefficient (Wildman–Crippen LogP) is 2.44. The summed E-state index contributed by atoms with van der Waals surface area (Å²) in [4.78, 5) is 38.7. The Labute approximate surface area is 163 Å². The van der Waals surface area contributed by atoms with Crippen LogP contribution in [-0.2, 0) is 9.59 Å². The predicted molar refractivity (Wildman–Crippen MR) is 107 cm³/mol. The minimum Gasteiger partial charge on any atom is -0.494 e. The Morgan fingerprint density at radius 1 is 1.14 bits per heavy atom. The lowest BCUT2D eigenvalue weighted by atomic mass is 10.1. The summed E-state index contributed by atoms with van der Waals surface area (Å²) in [6.45, 7) is 2.77. The maximum Gasteiger partial charge on any atom is 0.253 e. The SMILES string of the molecule is CCOc1ccc(N2C[C@H](C(=O)Nc3ccccc3C(=O)NC)CC2=O)cc1. The van der Waals surface area contributed by atoms with Crippen molar-refractivity contribution in [1.82, 2.24) is 5.32 Å². The van der Waals surface area contributed by atoms with Crippen LogP contribution in [0.3, 0.4) is 0 Å². The number of nitrogens with one attached hydrogen (secondary N) is 2. The first-order valence-electron chi connectivity index (χ1n) is 9.18. The third kappa shape index (κ3) is 4.14. The molecule has 1 fully saturated rings. The molecule has 1 aliphatic heterocycles. The summed E-state index contributed by atoms with van der Waals surface area (Å²) in [6, 6.07) is 14.0. The lowest BCUT2D eigenvalue weighted by Gasteiger charge is -2.17. The molecule has 3 rings (SSSR count). The molecule has 2 aromatic rings. The van der Waals surface area contributed by atoms with Crippen LogP contribution in [0.15, 0.2) is 48.5 Å².